The first-order chi connectivity index (χ1) is 10.8. The van der Waals surface area contributed by atoms with Gasteiger partial charge in [-0.3, -0.25) is 4.79 Å². The van der Waals surface area contributed by atoms with Crippen LogP contribution in [0.15, 0.2) is 0 Å². The zero-order chi connectivity index (χ0) is 17.5. The van der Waals surface area contributed by atoms with Crippen molar-refractivity contribution in [2.24, 2.45) is 0 Å². The highest BCUT2D eigenvalue weighted by Gasteiger charge is 2.31. The van der Waals surface area contributed by atoms with Crippen molar-refractivity contribution in [2.45, 2.75) is 69.9 Å². The summed E-state index contributed by atoms with van der Waals surface area (Å²) in [6, 6.07) is -0.588. The Kier molecular flexibility index (Phi) is 8.19. The van der Waals surface area contributed by atoms with Crippen molar-refractivity contribution in [1.29, 1.82) is 0 Å². The minimum Gasteiger partial charge on any atom is -0.444 e. The molecular formula is C16H30N2O4S. The second kappa shape index (κ2) is 9.37. The van der Waals surface area contributed by atoms with Gasteiger partial charge in [-0.25, -0.2) is 4.79 Å². The molecule has 2 N–H and O–H groups in total. The predicted molar refractivity (Wildman–Crippen MR) is 92.7 cm³/mol. The van der Waals surface area contributed by atoms with E-state index < -0.39 is 17.7 Å². The summed E-state index contributed by atoms with van der Waals surface area (Å²) >= 11 is 1.88. The van der Waals surface area contributed by atoms with E-state index in [2.05, 4.69) is 17.6 Å². The Labute approximate surface area is 143 Å². The smallest absolute Gasteiger partial charge is 0.408 e. The number of hydrogen-bond donors (Lipinski definition) is 2. The first kappa shape index (κ1) is 20.1. The largest absolute Gasteiger partial charge is 0.444 e. The van der Waals surface area contributed by atoms with E-state index in [1.165, 1.54) is 7.11 Å². The lowest BCUT2D eigenvalue weighted by Crippen LogP contribution is -2.53. The van der Waals surface area contributed by atoms with Crippen LogP contribution in [0.4, 0.5) is 4.79 Å². The summed E-state index contributed by atoms with van der Waals surface area (Å²) in [6.45, 7) is 7.58. The molecule has 23 heavy (non-hydrogen) atoms. The zero-order valence-electron chi connectivity index (χ0n) is 14.8. The van der Waals surface area contributed by atoms with Gasteiger partial charge in [0.1, 0.15) is 11.6 Å². The molecule has 0 aliphatic heterocycles. The molecule has 1 rings (SSSR count). The Morgan fingerprint density at radius 3 is 2.57 bits per heavy atom. The van der Waals surface area contributed by atoms with Crippen molar-refractivity contribution < 1.29 is 19.1 Å². The lowest BCUT2D eigenvalue weighted by molar-refractivity contribution is -0.125. The number of rotatable bonds is 7. The third-order valence-electron chi connectivity index (χ3n) is 3.50. The summed E-state index contributed by atoms with van der Waals surface area (Å²) in [5.41, 5.74) is -0.605. The molecule has 7 heteroatoms. The van der Waals surface area contributed by atoms with Crippen LogP contribution in [0.25, 0.3) is 0 Å². The van der Waals surface area contributed by atoms with E-state index in [1.807, 2.05) is 11.8 Å². The molecule has 0 aromatic heterocycles. The number of amides is 2. The van der Waals surface area contributed by atoms with Gasteiger partial charge in [-0.1, -0.05) is 13.3 Å². The summed E-state index contributed by atoms with van der Waals surface area (Å²) in [6.07, 6.45) is 2.62. The maximum atomic E-state index is 12.5. The molecule has 1 saturated carbocycles. The Hall–Kier alpha value is -0.950. The van der Waals surface area contributed by atoms with Crippen LogP contribution in [0, 0.1) is 0 Å². The van der Waals surface area contributed by atoms with Crippen molar-refractivity contribution in [3.05, 3.63) is 0 Å². The highest BCUT2D eigenvalue weighted by atomic mass is 32.2. The second-order valence-electron chi connectivity index (χ2n) is 6.69. The van der Waals surface area contributed by atoms with Crippen molar-refractivity contribution in [3.63, 3.8) is 0 Å². The molecule has 0 spiro atoms. The number of alkyl carbamates (subject to hydrolysis) is 1. The Morgan fingerprint density at radius 1 is 1.30 bits per heavy atom. The number of thioether (sulfide) groups is 1. The molecule has 6 nitrogen and oxygen atoms in total. The van der Waals surface area contributed by atoms with Gasteiger partial charge in [-0.05, 0) is 39.4 Å². The first-order valence-corrected chi connectivity index (χ1v) is 9.22. The van der Waals surface area contributed by atoms with Gasteiger partial charge in [-0.2, -0.15) is 11.8 Å². The van der Waals surface area contributed by atoms with Crippen molar-refractivity contribution in [3.8, 4) is 0 Å². The number of carbonyl (C=O) groups excluding carboxylic acids is 2. The molecule has 1 aliphatic carbocycles. The van der Waals surface area contributed by atoms with Crippen LogP contribution in [0.3, 0.4) is 0 Å². The predicted octanol–water partition coefficient (Wildman–Crippen LogP) is 2.32. The Bertz CT molecular complexity index is 398. The van der Waals surface area contributed by atoms with Gasteiger partial charge in [0.05, 0.1) is 6.61 Å². The van der Waals surface area contributed by atoms with E-state index in [4.69, 9.17) is 9.47 Å². The monoisotopic (exact) mass is 346 g/mol. The fraction of sp³-hybridized carbons (Fsp3) is 0.875. The summed E-state index contributed by atoms with van der Waals surface area (Å²) < 4.78 is 10.3. The van der Waals surface area contributed by atoms with E-state index in [9.17, 15) is 9.59 Å². The van der Waals surface area contributed by atoms with Gasteiger partial charge < -0.3 is 20.1 Å². The average Bonchev–Trinajstić information content (AvgIpc) is 2.84. The van der Waals surface area contributed by atoms with E-state index in [-0.39, 0.29) is 18.6 Å². The molecule has 0 unspecified atom stereocenters. The van der Waals surface area contributed by atoms with Crippen LogP contribution in [-0.4, -0.2) is 54.4 Å². The van der Waals surface area contributed by atoms with Crippen LogP contribution in [0.1, 0.15) is 47.0 Å². The topological polar surface area (TPSA) is 76.7 Å². The maximum Gasteiger partial charge on any atom is 0.408 e. The molecule has 0 aromatic carbocycles. The SMILES string of the molecule is CCS[C@@H]1CCC[C@@H]1NC(=O)[C@@H](COC)NC(=O)OC(C)(C)C. The van der Waals surface area contributed by atoms with Crippen LogP contribution in [0.2, 0.25) is 0 Å². The Morgan fingerprint density at radius 2 is 2.00 bits per heavy atom. The molecule has 0 saturated heterocycles. The average molecular weight is 346 g/mol. The number of methoxy groups -OCH3 is 1. The van der Waals surface area contributed by atoms with E-state index in [0.29, 0.717) is 5.25 Å². The molecule has 134 valence electrons. The van der Waals surface area contributed by atoms with Gasteiger partial charge in [0, 0.05) is 18.4 Å². The minimum absolute atomic E-state index is 0.114. The van der Waals surface area contributed by atoms with E-state index in [1.54, 1.807) is 20.8 Å². The van der Waals surface area contributed by atoms with E-state index in [0.717, 1.165) is 25.0 Å². The van der Waals surface area contributed by atoms with Gasteiger partial charge in [-0.15, -0.1) is 0 Å². The number of nitrogens with one attached hydrogen (secondary N) is 2. The first-order valence-electron chi connectivity index (χ1n) is 8.17. The lowest BCUT2D eigenvalue weighted by Gasteiger charge is -2.25. The minimum atomic E-state index is -0.747. The third-order valence-corrected chi connectivity index (χ3v) is 4.83. The van der Waals surface area contributed by atoms with Crippen molar-refractivity contribution >= 4 is 23.8 Å². The summed E-state index contributed by atoms with van der Waals surface area (Å²) in [5.74, 6) is 0.820. The molecule has 1 aliphatic rings. The Balaban J connectivity index is 2.58. The fourth-order valence-corrected chi connectivity index (χ4v) is 3.79. The summed E-state index contributed by atoms with van der Waals surface area (Å²) in [7, 11) is 1.50. The van der Waals surface area contributed by atoms with Crippen molar-refractivity contribution in [2.75, 3.05) is 19.5 Å². The summed E-state index contributed by atoms with van der Waals surface area (Å²) in [4.78, 5) is 24.3. The van der Waals surface area contributed by atoms with Gasteiger partial charge in [0.15, 0.2) is 0 Å². The number of hydrogen-bond acceptors (Lipinski definition) is 5. The lowest BCUT2D eigenvalue weighted by atomic mass is 10.2. The molecule has 1 fully saturated rings. The van der Waals surface area contributed by atoms with Gasteiger partial charge >= 0.3 is 6.09 Å². The third kappa shape index (κ3) is 7.44. The van der Waals surface area contributed by atoms with Gasteiger partial charge in [0.2, 0.25) is 5.91 Å². The fourth-order valence-electron chi connectivity index (χ4n) is 2.59. The molecule has 0 heterocycles. The summed E-state index contributed by atoms with van der Waals surface area (Å²) in [5, 5.41) is 6.10. The quantitative estimate of drug-likeness (QED) is 0.740. The van der Waals surface area contributed by atoms with Crippen LogP contribution in [0.5, 0.6) is 0 Å². The number of ether oxygens (including phenoxy) is 2. The molecule has 0 radical (unpaired) electrons. The van der Waals surface area contributed by atoms with Gasteiger partial charge in [0.25, 0.3) is 0 Å². The van der Waals surface area contributed by atoms with E-state index >= 15 is 0 Å². The maximum absolute atomic E-state index is 12.5. The zero-order valence-corrected chi connectivity index (χ0v) is 15.6. The molecule has 2 amide bonds. The molecular weight excluding hydrogens is 316 g/mol. The highest BCUT2D eigenvalue weighted by Crippen LogP contribution is 2.29. The second-order valence-corrected chi connectivity index (χ2v) is 8.21. The van der Waals surface area contributed by atoms with Crippen LogP contribution >= 0.6 is 11.8 Å². The normalized spacial score (nSPS) is 22.5. The molecule has 0 aromatic rings. The highest BCUT2D eigenvalue weighted by molar-refractivity contribution is 7.99. The molecule has 3 atom stereocenters. The number of carbonyl (C=O) groups is 2. The standard InChI is InChI=1S/C16H30N2O4S/c1-6-23-13-9-7-8-11(13)17-14(19)12(10-21-5)18-15(20)22-16(2,3)4/h11-13H,6-10H2,1-5H3,(H,17,19)(H,18,20)/t11-,12+,13+/m0/s1. The molecule has 0 bridgehead atoms. The van der Waals surface area contributed by atoms with Crippen LogP contribution < -0.4 is 10.6 Å². The van der Waals surface area contributed by atoms with Crippen LogP contribution in [-0.2, 0) is 14.3 Å². The van der Waals surface area contributed by atoms with Crippen molar-refractivity contribution in [1.82, 2.24) is 10.6 Å².